The zero-order chi connectivity index (χ0) is 28.0. The van der Waals surface area contributed by atoms with E-state index in [4.69, 9.17) is 28.8 Å². The summed E-state index contributed by atoms with van der Waals surface area (Å²) in [5.41, 5.74) is 3.49. The van der Waals surface area contributed by atoms with Crippen molar-refractivity contribution in [3.8, 4) is 22.6 Å². The molecule has 0 aliphatic carbocycles. The molecule has 1 aliphatic rings. The highest BCUT2D eigenvalue weighted by molar-refractivity contribution is 7.89. The van der Waals surface area contributed by atoms with Gasteiger partial charge in [0.15, 0.2) is 5.76 Å². The molecule has 2 aromatic carbocycles. The summed E-state index contributed by atoms with van der Waals surface area (Å²) in [6.07, 6.45) is 5.11. The Hall–Kier alpha value is -3.67. The number of pyridine rings is 1. The van der Waals surface area contributed by atoms with Crippen LogP contribution in [0.15, 0.2) is 88.2 Å². The van der Waals surface area contributed by atoms with Gasteiger partial charge >= 0.3 is 0 Å². The van der Waals surface area contributed by atoms with E-state index in [0.717, 1.165) is 29.8 Å². The molecule has 0 atom stereocenters. The first-order chi connectivity index (χ1) is 19.4. The molecule has 1 aliphatic heterocycles. The smallest absolute Gasteiger partial charge is 0.238 e. The van der Waals surface area contributed by atoms with Gasteiger partial charge in [0, 0.05) is 44.3 Å². The zero-order valence-electron chi connectivity index (χ0n) is 22.2. The third kappa shape index (κ3) is 6.38. The molecule has 0 radical (unpaired) electrons. The second kappa shape index (κ2) is 12.2. The van der Waals surface area contributed by atoms with E-state index in [1.165, 1.54) is 12.1 Å². The molecule has 0 unspecified atom stereocenters. The highest BCUT2D eigenvalue weighted by Gasteiger charge is 2.35. The quantitative estimate of drug-likeness (QED) is 0.270. The van der Waals surface area contributed by atoms with Crippen LogP contribution in [0.25, 0.3) is 28.7 Å². The molecule has 0 saturated carbocycles. The average molecular weight is 562 g/mol. The summed E-state index contributed by atoms with van der Waals surface area (Å²) in [7, 11) is -2.08. The summed E-state index contributed by atoms with van der Waals surface area (Å²) in [6, 6.07) is 21.7. The average Bonchev–Trinajstić information content (AvgIpc) is 3.42. The molecule has 2 N–H and O–H groups in total. The number of hydrogen-bond donors (Lipinski definition) is 1. The molecule has 2 aromatic heterocycles. The van der Waals surface area contributed by atoms with Gasteiger partial charge in [-0.2, -0.15) is 0 Å². The van der Waals surface area contributed by atoms with Crippen molar-refractivity contribution < 1.29 is 27.0 Å². The Morgan fingerprint density at radius 2 is 1.70 bits per heavy atom. The van der Waals surface area contributed by atoms with Crippen LogP contribution in [0.4, 0.5) is 0 Å². The summed E-state index contributed by atoms with van der Waals surface area (Å²) < 4.78 is 46.6. The van der Waals surface area contributed by atoms with E-state index in [1.807, 2.05) is 54.6 Å². The van der Waals surface area contributed by atoms with Crippen molar-refractivity contribution in [3.05, 3.63) is 96.2 Å². The maximum atomic E-state index is 11.7. The van der Waals surface area contributed by atoms with Gasteiger partial charge in [0.05, 0.1) is 29.5 Å². The highest BCUT2D eigenvalue weighted by Crippen LogP contribution is 2.35. The van der Waals surface area contributed by atoms with Crippen LogP contribution in [0.5, 0.6) is 0 Å². The van der Waals surface area contributed by atoms with Gasteiger partial charge in [-0.05, 0) is 42.5 Å². The van der Waals surface area contributed by atoms with Gasteiger partial charge in [-0.1, -0.05) is 42.5 Å². The molecule has 9 nitrogen and oxygen atoms in total. The SMILES string of the molecule is COC1(c2cccc(COC/C=C\c3nc(-c4ccccc4)c(-c4ccc(S(N)(=O)=O)cc4)o3)n2)CCOCC1. The van der Waals surface area contributed by atoms with Gasteiger partial charge < -0.3 is 18.6 Å². The largest absolute Gasteiger partial charge is 0.436 e. The Balaban J connectivity index is 1.28. The van der Waals surface area contributed by atoms with E-state index < -0.39 is 15.6 Å². The van der Waals surface area contributed by atoms with E-state index in [1.54, 1.807) is 25.3 Å². The molecule has 0 spiro atoms. The maximum absolute atomic E-state index is 11.7. The summed E-state index contributed by atoms with van der Waals surface area (Å²) in [5.74, 6) is 0.920. The summed E-state index contributed by atoms with van der Waals surface area (Å²) in [5, 5.41) is 5.24. The van der Waals surface area contributed by atoms with Crippen molar-refractivity contribution in [2.24, 2.45) is 5.14 Å². The first-order valence-electron chi connectivity index (χ1n) is 12.9. The predicted octanol–water partition coefficient (Wildman–Crippen LogP) is 4.93. The van der Waals surface area contributed by atoms with Crippen LogP contribution in [0.2, 0.25) is 0 Å². The van der Waals surface area contributed by atoms with Gasteiger partial charge in [0.25, 0.3) is 0 Å². The molecule has 0 bridgehead atoms. The highest BCUT2D eigenvalue weighted by atomic mass is 32.2. The number of methoxy groups -OCH3 is 1. The number of nitrogens with zero attached hydrogens (tertiary/aromatic N) is 2. The lowest BCUT2D eigenvalue weighted by Gasteiger charge is -2.35. The van der Waals surface area contributed by atoms with Crippen LogP contribution < -0.4 is 5.14 Å². The van der Waals surface area contributed by atoms with E-state index >= 15 is 0 Å². The van der Waals surface area contributed by atoms with Crippen LogP contribution in [0.3, 0.4) is 0 Å². The minimum atomic E-state index is -3.80. The van der Waals surface area contributed by atoms with E-state index in [9.17, 15) is 8.42 Å². The first-order valence-corrected chi connectivity index (χ1v) is 14.5. The molecule has 40 heavy (non-hydrogen) atoms. The van der Waals surface area contributed by atoms with Gasteiger partial charge in [0.1, 0.15) is 11.3 Å². The number of oxazole rings is 1. The summed E-state index contributed by atoms with van der Waals surface area (Å²) >= 11 is 0. The monoisotopic (exact) mass is 561 g/mol. The van der Waals surface area contributed by atoms with E-state index in [2.05, 4.69) is 4.98 Å². The molecule has 4 aromatic rings. The van der Waals surface area contributed by atoms with Crippen LogP contribution in [-0.2, 0) is 36.4 Å². The van der Waals surface area contributed by atoms with Gasteiger partial charge in [-0.25, -0.2) is 18.5 Å². The lowest BCUT2D eigenvalue weighted by Crippen LogP contribution is -2.36. The molecule has 1 saturated heterocycles. The Bertz CT molecular complexity index is 1560. The third-order valence-electron chi connectivity index (χ3n) is 6.83. The molecule has 3 heterocycles. The van der Waals surface area contributed by atoms with Crippen molar-refractivity contribution in [3.63, 3.8) is 0 Å². The van der Waals surface area contributed by atoms with Crippen molar-refractivity contribution in [2.75, 3.05) is 26.9 Å². The molecule has 208 valence electrons. The van der Waals surface area contributed by atoms with Crippen molar-refractivity contribution in [1.29, 1.82) is 0 Å². The number of rotatable bonds is 10. The molecule has 5 rings (SSSR count). The predicted molar refractivity (Wildman–Crippen MR) is 150 cm³/mol. The Kier molecular flexibility index (Phi) is 8.53. The lowest BCUT2D eigenvalue weighted by molar-refractivity contribution is -0.0974. The number of aromatic nitrogens is 2. The van der Waals surface area contributed by atoms with Crippen molar-refractivity contribution >= 4 is 16.1 Å². The van der Waals surface area contributed by atoms with Gasteiger partial charge in [0.2, 0.25) is 15.9 Å². The second-order valence-corrected chi connectivity index (χ2v) is 11.0. The molecular formula is C30H31N3O6S. The molecule has 1 fully saturated rings. The van der Waals surface area contributed by atoms with Crippen LogP contribution >= 0.6 is 0 Å². The molecular weight excluding hydrogens is 530 g/mol. The number of hydrogen-bond acceptors (Lipinski definition) is 8. The van der Waals surface area contributed by atoms with Crippen molar-refractivity contribution in [1.82, 2.24) is 9.97 Å². The Labute approximate surface area is 233 Å². The molecule has 10 heteroatoms. The minimum Gasteiger partial charge on any atom is -0.436 e. The van der Waals surface area contributed by atoms with E-state index in [0.29, 0.717) is 49.3 Å². The third-order valence-corrected chi connectivity index (χ3v) is 7.75. The maximum Gasteiger partial charge on any atom is 0.238 e. The van der Waals surface area contributed by atoms with Crippen molar-refractivity contribution in [2.45, 2.75) is 29.9 Å². The number of sulfonamides is 1. The summed E-state index contributed by atoms with van der Waals surface area (Å²) in [6.45, 7) is 1.97. The fraction of sp³-hybridized carbons (Fsp3) is 0.267. The zero-order valence-corrected chi connectivity index (χ0v) is 23.0. The number of primary sulfonamides is 1. The van der Waals surface area contributed by atoms with Gasteiger partial charge in [-0.15, -0.1) is 0 Å². The second-order valence-electron chi connectivity index (χ2n) is 9.41. The fourth-order valence-electron chi connectivity index (χ4n) is 4.65. The number of ether oxygens (including phenoxy) is 3. The standard InChI is InChI=1S/C30H31N3O6S/c1-36-30(16-19-37-20-17-30)26-10-5-9-24(32-26)21-38-18-6-11-27-33-28(22-7-3-2-4-8-22)29(39-27)23-12-14-25(15-13-23)40(31,34)35/h2-15H,16-21H2,1H3,(H2,31,34,35)/b11-6-. The van der Waals surface area contributed by atoms with E-state index in [-0.39, 0.29) is 4.90 Å². The Morgan fingerprint density at radius 1 is 0.950 bits per heavy atom. The van der Waals surface area contributed by atoms with Crippen LogP contribution in [0.1, 0.15) is 30.1 Å². The molecule has 0 amide bonds. The van der Waals surface area contributed by atoms with Crippen LogP contribution in [0, 0.1) is 0 Å². The lowest BCUT2D eigenvalue weighted by atomic mass is 9.90. The van der Waals surface area contributed by atoms with Crippen LogP contribution in [-0.4, -0.2) is 45.3 Å². The minimum absolute atomic E-state index is 0.0273. The normalized spacial score (nSPS) is 15.4. The Morgan fingerprint density at radius 3 is 2.40 bits per heavy atom. The fourth-order valence-corrected chi connectivity index (χ4v) is 5.17. The number of nitrogens with two attached hydrogens (primary N) is 1. The summed E-state index contributed by atoms with van der Waals surface area (Å²) in [4.78, 5) is 9.50. The number of benzene rings is 2. The van der Waals surface area contributed by atoms with Gasteiger partial charge in [-0.3, -0.25) is 4.98 Å². The topological polar surface area (TPSA) is 127 Å². The first kappa shape index (κ1) is 27.9.